The second kappa shape index (κ2) is 7.30. The van der Waals surface area contributed by atoms with Crippen LogP contribution in [0.3, 0.4) is 0 Å². The molecule has 3 aromatic heterocycles. The molecule has 1 aromatic carbocycles. The summed E-state index contributed by atoms with van der Waals surface area (Å²) >= 11 is 0.883. The molecule has 0 spiro atoms. The summed E-state index contributed by atoms with van der Waals surface area (Å²) in [6.45, 7) is 3.32. The van der Waals surface area contributed by atoms with Gasteiger partial charge in [-0.05, 0) is 30.7 Å². The summed E-state index contributed by atoms with van der Waals surface area (Å²) in [4.78, 5) is 19.7. The molecule has 29 heavy (non-hydrogen) atoms. The Labute approximate surface area is 171 Å². The Balaban J connectivity index is 1.62. The van der Waals surface area contributed by atoms with Gasteiger partial charge in [-0.3, -0.25) is 9.52 Å². The number of aryl methyl sites for hydroxylation is 1. The van der Waals surface area contributed by atoms with Crippen LogP contribution in [0.25, 0.3) is 16.9 Å². The molecule has 1 amide bonds. The Morgan fingerprint density at radius 3 is 2.79 bits per heavy atom. The summed E-state index contributed by atoms with van der Waals surface area (Å²) in [7, 11) is -3.83. The Kier molecular flexibility index (Phi) is 4.81. The summed E-state index contributed by atoms with van der Waals surface area (Å²) in [5, 5.41) is 2.70. The molecular weight excluding hydrogens is 410 g/mol. The van der Waals surface area contributed by atoms with Gasteiger partial charge >= 0.3 is 0 Å². The van der Waals surface area contributed by atoms with Crippen LogP contribution in [-0.2, 0) is 14.8 Å². The topological polar surface area (TPSA) is 105 Å². The smallest absolute Gasteiger partial charge is 0.273 e. The number of rotatable bonds is 5. The molecule has 0 aliphatic heterocycles. The highest BCUT2D eigenvalue weighted by molar-refractivity contribution is 7.94. The van der Waals surface area contributed by atoms with E-state index in [1.807, 2.05) is 41.9 Å². The van der Waals surface area contributed by atoms with E-state index in [1.54, 1.807) is 18.2 Å². The first kappa shape index (κ1) is 19.1. The van der Waals surface area contributed by atoms with Crippen LogP contribution in [0.5, 0.6) is 0 Å². The second-order valence-corrected chi connectivity index (χ2v) is 9.34. The van der Waals surface area contributed by atoms with E-state index in [4.69, 9.17) is 0 Å². The van der Waals surface area contributed by atoms with Crippen molar-refractivity contribution >= 4 is 43.7 Å². The maximum absolute atomic E-state index is 12.7. The van der Waals surface area contributed by atoms with Gasteiger partial charge in [0, 0.05) is 30.6 Å². The third-order valence-electron chi connectivity index (χ3n) is 4.12. The molecule has 2 N–H and O–H groups in total. The molecule has 0 unspecified atom stereocenters. The fraction of sp³-hybridized carbons (Fsp3) is 0.105. The first-order valence-corrected chi connectivity index (χ1v) is 10.9. The average Bonchev–Trinajstić information content (AvgIpc) is 3.29. The van der Waals surface area contributed by atoms with Crippen molar-refractivity contribution in [1.82, 2.24) is 14.4 Å². The van der Waals surface area contributed by atoms with Gasteiger partial charge in [0.2, 0.25) is 5.91 Å². The number of anilines is 2. The third kappa shape index (κ3) is 3.98. The number of sulfonamides is 1. The van der Waals surface area contributed by atoms with E-state index < -0.39 is 10.0 Å². The van der Waals surface area contributed by atoms with Gasteiger partial charge in [0.25, 0.3) is 10.0 Å². The molecular formula is C19H17N5O3S2. The summed E-state index contributed by atoms with van der Waals surface area (Å²) in [6.07, 6.45) is 5.04. The number of thiazole rings is 1. The fourth-order valence-electron chi connectivity index (χ4n) is 2.83. The van der Waals surface area contributed by atoms with Crippen LogP contribution in [0.4, 0.5) is 10.8 Å². The number of imidazole rings is 1. The maximum atomic E-state index is 12.7. The Morgan fingerprint density at radius 1 is 1.21 bits per heavy atom. The molecule has 8 nitrogen and oxygen atoms in total. The number of amides is 1. The first-order valence-electron chi connectivity index (χ1n) is 8.63. The van der Waals surface area contributed by atoms with Gasteiger partial charge in [0.05, 0.1) is 11.9 Å². The van der Waals surface area contributed by atoms with Crippen molar-refractivity contribution in [3.8, 4) is 11.3 Å². The number of carbonyl (C=O) groups excluding carboxylic acids is 1. The molecule has 4 rings (SSSR count). The first-order chi connectivity index (χ1) is 13.8. The Hall–Kier alpha value is -3.24. The van der Waals surface area contributed by atoms with Crippen LogP contribution in [0.1, 0.15) is 12.5 Å². The minimum Gasteiger partial charge on any atom is -0.306 e. The standard InChI is InChI=1S/C19H17N5O3S2/c1-12-5-4-8-24-11-16(22-18(12)24)14-6-3-7-15(9-14)23-29(26,27)17-10-20-19(28-17)21-13(2)25/h3-11,23H,1-2H3,(H,20,21,25). The summed E-state index contributed by atoms with van der Waals surface area (Å²) in [5.41, 5.74) is 3.84. The van der Waals surface area contributed by atoms with Crippen molar-refractivity contribution in [2.45, 2.75) is 18.1 Å². The fourth-order valence-corrected chi connectivity index (χ4v) is 4.96. The zero-order valence-corrected chi connectivity index (χ0v) is 17.2. The van der Waals surface area contributed by atoms with E-state index in [2.05, 4.69) is 20.0 Å². The lowest BCUT2D eigenvalue weighted by Gasteiger charge is -2.07. The van der Waals surface area contributed by atoms with E-state index in [1.165, 1.54) is 13.1 Å². The van der Waals surface area contributed by atoms with Crippen molar-refractivity contribution in [2.24, 2.45) is 0 Å². The monoisotopic (exact) mass is 427 g/mol. The van der Waals surface area contributed by atoms with Crippen molar-refractivity contribution in [3.63, 3.8) is 0 Å². The Bertz CT molecular complexity index is 1320. The molecule has 0 saturated heterocycles. The lowest BCUT2D eigenvalue weighted by Crippen LogP contribution is -2.11. The van der Waals surface area contributed by atoms with Gasteiger partial charge in [-0.1, -0.05) is 29.5 Å². The number of hydrogen-bond donors (Lipinski definition) is 2. The molecule has 0 fully saturated rings. The van der Waals surface area contributed by atoms with Crippen LogP contribution >= 0.6 is 11.3 Å². The predicted octanol–water partition coefficient (Wildman–Crippen LogP) is 3.53. The number of fused-ring (bicyclic) bond motifs is 1. The number of nitrogens with zero attached hydrogens (tertiary/aromatic N) is 3. The third-order valence-corrected chi connectivity index (χ3v) is 6.88. The summed E-state index contributed by atoms with van der Waals surface area (Å²) in [5.74, 6) is -0.313. The van der Waals surface area contributed by atoms with Crippen molar-refractivity contribution < 1.29 is 13.2 Å². The summed E-state index contributed by atoms with van der Waals surface area (Å²) < 4.78 is 29.8. The van der Waals surface area contributed by atoms with Gasteiger partial charge in [0.1, 0.15) is 5.65 Å². The normalized spacial score (nSPS) is 11.5. The zero-order valence-electron chi connectivity index (χ0n) is 15.6. The molecule has 4 aromatic rings. The number of benzene rings is 1. The van der Waals surface area contributed by atoms with Crippen molar-refractivity contribution in [1.29, 1.82) is 0 Å². The molecule has 0 aliphatic rings. The molecule has 0 radical (unpaired) electrons. The van der Waals surface area contributed by atoms with Crippen molar-refractivity contribution in [3.05, 3.63) is 60.6 Å². The number of aromatic nitrogens is 3. The van der Waals surface area contributed by atoms with Crippen LogP contribution < -0.4 is 10.0 Å². The van der Waals surface area contributed by atoms with Gasteiger partial charge in [-0.15, -0.1) is 0 Å². The molecule has 0 atom stereocenters. The van der Waals surface area contributed by atoms with E-state index in [9.17, 15) is 13.2 Å². The molecule has 10 heteroatoms. The van der Waals surface area contributed by atoms with E-state index >= 15 is 0 Å². The molecule has 148 valence electrons. The van der Waals surface area contributed by atoms with Gasteiger partial charge in [-0.25, -0.2) is 18.4 Å². The highest BCUT2D eigenvalue weighted by Gasteiger charge is 2.19. The predicted molar refractivity (Wildman–Crippen MR) is 113 cm³/mol. The van der Waals surface area contributed by atoms with Crippen LogP contribution in [0.2, 0.25) is 0 Å². The number of carbonyl (C=O) groups is 1. The molecule has 0 saturated carbocycles. The van der Waals surface area contributed by atoms with E-state index in [0.29, 0.717) is 5.69 Å². The lowest BCUT2D eigenvalue weighted by atomic mass is 10.1. The van der Waals surface area contributed by atoms with Crippen LogP contribution in [0.15, 0.2) is 59.2 Å². The van der Waals surface area contributed by atoms with E-state index in [0.717, 1.165) is 33.8 Å². The van der Waals surface area contributed by atoms with Gasteiger partial charge < -0.3 is 9.72 Å². The number of nitrogens with one attached hydrogen (secondary N) is 2. The van der Waals surface area contributed by atoms with E-state index in [-0.39, 0.29) is 15.2 Å². The SMILES string of the molecule is CC(=O)Nc1ncc(S(=O)(=O)Nc2cccc(-c3cn4cccc(C)c4n3)c2)s1. The lowest BCUT2D eigenvalue weighted by molar-refractivity contribution is -0.114. The number of pyridine rings is 1. The maximum Gasteiger partial charge on any atom is 0.273 e. The van der Waals surface area contributed by atoms with Crippen molar-refractivity contribution in [2.75, 3.05) is 10.0 Å². The average molecular weight is 428 g/mol. The van der Waals surface area contributed by atoms with Crippen LogP contribution in [0, 0.1) is 6.92 Å². The largest absolute Gasteiger partial charge is 0.306 e. The zero-order chi connectivity index (χ0) is 20.6. The molecule has 0 aliphatic carbocycles. The highest BCUT2D eigenvalue weighted by Crippen LogP contribution is 2.27. The Morgan fingerprint density at radius 2 is 2.03 bits per heavy atom. The summed E-state index contributed by atoms with van der Waals surface area (Å²) in [6, 6.07) is 11.0. The molecule has 3 heterocycles. The quantitative estimate of drug-likeness (QED) is 0.507. The number of hydrogen-bond acceptors (Lipinski definition) is 6. The van der Waals surface area contributed by atoms with Crippen LogP contribution in [-0.4, -0.2) is 28.7 Å². The molecule has 0 bridgehead atoms. The minimum absolute atomic E-state index is 0.00927. The van der Waals surface area contributed by atoms with Gasteiger partial charge in [0.15, 0.2) is 9.34 Å². The van der Waals surface area contributed by atoms with Gasteiger partial charge in [-0.2, -0.15) is 0 Å². The minimum atomic E-state index is -3.83. The highest BCUT2D eigenvalue weighted by atomic mass is 32.2. The second-order valence-electron chi connectivity index (χ2n) is 6.40.